The Morgan fingerprint density at radius 3 is 2.46 bits per heavy atom. The topological polar surface area (TPSA) is 119 Å². The third kappa shape index (κ3) is 5.38. The number of nitrogens with one attached hydrogen (secondary N) is 1. The van der Waals surface area contributed by atoms with Gasteiger partial charge in [0.25, 0.3) is 11.5 Å². The van der Waals surface area contributed by atoms with Gasteiger partial charge in [-0.3, -0.25) is 14.2 Å². The number of carbonyl (C=O) groups is 1. The number of nitrogens with zero attached hydrogens (tertiary/aromatic N) is 5. The van der Waals surface area contributed by atoms with Gasteiger partial charge in [-0.1, -0.05) is 48.9 Å². The number of carbonyl (C=O) groups excluding carboxylic acids is 1. The van der Waals surface area contributed by atoms with E-state index in [2.05, 4.69) is 15.4 Å². The first-order chi connectivity index (χ1) is 19.9. The Hall–Kier alpha value is -4.35. The van der Waals surface area contributed by atoms with Gasteiger partial charge in [0.1, 0.15) is 11.7 Å². The fourth-order valence-electron chi connectivity index (χ4n) is 5.30. The second kappa shape index (κ2) is 11.3. The van der Waals surface area contributed by atoms with Crippen LogP contribution in [0.3, 0.4) is 0 Å². The van der Waals surface area contributed by atoms with Gasteiger partial charge in [0.15, 0.2) is 5.65 Å². The molecule has 1 fully saturated rings. The van der Waals surface area contributed by atoms with E-state index in [1.54, 1.807) is 9.25 Å². The minimum atomic E-state index is -3.55. The molecular weight excluding hydrogens is 540 g/mol. The summed E-state index contributed by atoms with van der Waals surface area (Å²) in [5.74, 6) is -0.325. The number of piperidine rings is 1. The number of amides is 1. The molecule has 1 N–H and O–H groups in total. The summed E-state index contributed by atoms with van der Waals surface area (Å²) in [6.07, 6.45) is 5.81. The summed E-state index contributed by atoms with van der Waals surface area (Å²) in [4.78, 5) is 30.6. The molecule has 1 amide bonds. The van der Waals surface area contributed by atoms with Gasteiger partial charge >= 0.3 is 0 Å². The van der Waals surface area contributed by atoms with Crippen LogP contribution in [0.1, 0.15) is 35.2 Å². The second-order valence-electron chi connectivity index (χ2n) is 10.2. The van der Waals surface area contributed by atoms with Gasteiger partial charge < -0.3 is 5.32 Å². The maximum Gasteiger partial charge on any atom is 0.264 e. The zero-order valence-electron chi connectivity index (χ0n) is 22.4. The Labute approximate surface area is 237 Å². The highest BCUT2D eigenvalue weighted by molar-refractivity contribution is 7.89. The van der Waals surface area contributed by atoms with Crippen molar-refractivity contribution in [1.82, 2.24) is 29.0 Å². The van der Waals surface area contributed by atoms with Crippen LogP contribution in [-0.2, 0) is 23.1 Å². The van der Waals surface area contributed by atoms with Gasteiger partial charge in [0, 0.05) is 25.2 Å². The zero-order chi connectivity index (χ0) is 28.4. The first kappa shape index (κ1) is 26.9. The highest BCUT2D eigenvalue weighted by Crippen LogP contribution is 2.21. The predicted molar refractivity (Wildman–Crippen MR) is 156 cm³/mol. The van der Waals surface area contributed by atoms with Gasteiger partial charge in [-0.15, -0.1) is 0 Å². The average Bonchev–Trinajstić information content (AvgIpc) is 3.43. The van der Waals surface area contributed by atoms with Crippen LogP contribution in [0.5, 0.6) is 0 Å². The number of rotatable bonds is 8. The van der Waals surface area contributed by atoms with E-state index in [0.717, 1.165) is 35.6 Å². The first-order valence-corrected chi connectivity index (χ1v) is 15.1. The largest absolute Gasteiger partial charge is 0.350 e. The van der Waals surface area contributed by atoms with E-state index in [0.29, 0.717) is 42.8 Å². The molecule has 41 heavy (non-hydrogen) atoms. The highest BCUT2D eigenvalue weighted by Gasteiger charge is 2.26. The molecule has 1 aliphatic rings. The summed E-state index contributed by atoms with van der Waals surface area (Å²) in [6.45, 7) is 2.02. The standard InChI is InChI=1S/C30H30N6O4S/c37-29(23-11-13-25(14-12-23)41(39,40)35-16-4-1-5-17-35)31-15-18-36-28-27(19-33-36)30(38)34(21-32-28)20-24-9-6-8-22-7-2-3-10-26(22)24/h2-3,6-14,19,21H,1,4-5,15-18,20H2,(H,31,37). The molecule has 6 rings (SSSR count). The summed E-state index contributed by atoms with van der Waals surface area (Å²) in [6, 6.07) is 20.1. The Morgan fingerprint density at radius 2 is 1.66 bits per heavy atom. The zero-order valence-corrected chi connectivity index (χ0v) is 23.3. The average molecular weight is 571 g/mol. The van der Waals surface area contributed by atoms with Crippen LogP contribution in [0, 0.1) is 0 Å². The van der Waals surface area contributed by atoms with Gasteiger partial charge in [-0.25, -0.2) is 18.1 Å². The van der Waals surface area contributed by atoms with E-state index in [9.17, 15) is 18.0 Å². The number of hydrogen-bond acceptors (Lipinski definition) is 6. The van der Waals surface area contributed by atoms with Crippen molar-refractivity contribution in [3.05, 3.63) is 101 Å². The third-order valence-electron chi connectivity index (χ3n) is 7.52. The Morgan fingerprint density at radius 1 is 0.902 bits per heavy atom. The summed E-state index contributed by atoms with van der Waals surface area (Å²) in [5, 5.41) is 9.76. The van der Waals surface area contributed by atoms with E-state index in [1.807, 2.05) is 42.5 Å². The van der Waals surface area contributed by atoms with Crippen molar-refractivity contribution in [3.63, 3.8) is 0 Å². The van der Waals surface area contributed by atoms with Crippen molar-refractivity contribution in [2.45, 2.75) is 37.2 Å². The smallest absolute Gasteiger partial charge is 0.264 e. The quantitative estimate of drug-likeness (QED) is 0.306. The summed E-state index contributed by atoms with van der Waals surface area (Å²) >= 11 is 0. The molecule has 11 heteroatoms. The lowest BCUT2D eigenvalue weighted by atomic mass is 10.0. The number of hydrogen-bond donors (Lipinski definition) is 1. The maximum absolute atomic E-state index is 13.2. The van der Waals surface area contributed by atoms with Crippen LogP contribution in [-0.4, -0.2) is 57.6 Å². The third-order valence-corrected chi connectivity index (χ3v) is 9.43. The molecule has 1 saturated heterocycles. The van der Waals surface area contributed by atoms with Gasteiger partial charge in [0.05, 0.1) is 24.2 Å². The Kier molecular flexibility index (Phi) is 7.38. The summed E-state index contributed by atoms with van der Waals surface area (Å²) < 4.78 is 30.4. The molecule has 3 heterocycles. The fourth-order valence-corrected chi connectivity index (χ4v) is 6.81. The summed E-state index contributed by atoms with van der Waals surface area (Å²) in [5.41, 5.74) is 1.66. The Balaban J connectivity index is 1.10. The molecular formula is C30H30N6O4S. The lowest BCUT2D eigenvalue weighted by Gasteiger charge is -2.25. The molecule has 0 unspecified atom stereocenters. The van der Waals surface area contributed by atoms with Crippen molar-refractivity contribution >= 4 is 37.7 Å². The molecule has 0 atom stereocenters. The SMILES string of the molecule is O=C(NCCn1ncc2c(=O)n(Cc3cccc4ccccc34)cnc21)c1ccc(S(=O)(=O)N2CCCCC2)cc1. The highest BCUT2D eigenvalue weighted by atomic mass is 32.2. The molecule has 2 aromatic heterocycles. The minimum Gasteiger partial charge on any atom is -0.350 e. The number of benzene rings is 3. The van der Waals surface area contributed by atoms with Crippen LogP contribution < -0.4 is 10.9 Å². The van der Waals surface area contributed by atoms with Crippen molar-refractivity contribution in [3.8, 4) is 0 Å². The van der Waals surface area contributed by atoms with Crippen molar-refractivity contribution in [1.29, 1.82) is 0 Å². The van der Waals surface area contributed by atoms with Crippen LogP contribution in [0.15, 0.2) is 88.9 Å². The predicted octanol–water partition coefficient (Wildman–Crippen LogP) is 3.40. The lowest BCUT2D eigenvalue weighted by Crippen LogP contribution is -2.35. The first-order valence-electron chi connectivity index (χ1n) is 13.7. The Bertz CT molecular complexity index is 1890. The molecule has 5 aromatic rings. The molecule has 0 spiro atoms. The molecule has 0 saturated carbocycles. The molecule has 1 aliphatic heterocycles. The maximum atomic E-state index is 13.2. The van der Waals surface area contributed by atoms with Crippen LogP contribution in [0.25, 0.3) is 21.8 Å². The summed E-state index contributed by atoms with van der Waals surface area (Å²) in [7, 11) is -3.55. The van der Waals surface area contributed by atoms with Gasteiger partial charge in [-0.05, 0) is 53.4 Å². The monoisotopic (exact) mass is 570 g/mol. The molecule has 0 radical (unpaired) electrons. The van der Waals surface area contributed by atoms with E-state index < -0.39 is 10.0 Å². The lowest BCUT2D eigenvalue weighted by molar-refractivity contribution is 0.0952. The van der Waals surface area contributed by atoms with Crippen molar-refractivity contribution < 1.29 is 13.2 Å². The molecule has 0 bridgehead atoms. The van der Waals surface area contributed by atoms with Crippen LogP contribution in [0.2, 0.25) is 0 Å². The van der Waals surface area contributed by atoms with Crippen LogP contribution in [0.4, 0.5) is 0 Å². The number of fused-ring (bicyclic) bond motifs is 2. The van der Waals surface area contributed by atoms with Crippen molar-refractivity contribution in [2.24, 2.45) is 0 Å². The minimum absolute atomic E-state index is 0.183. The van der Waals surface area contributed by atoms with E-state index in [1.165, 1.54) is 41.1 Å². The molecule has 210 valence electrons. The van der Waals surface area contributed by atoms with Gasteiger partial charge in [-0.2, -0.15) is 9.40 Å². The van der Waals surface area contributed by atoms with E-state index in [-0.39, 0.29) is 22.9 Å². The second-order valence-corrected chi connectivity index (χ2v) is 12.1. The van der Waals surface area contributed by atoms with Gasteiger partial charge in [0.2, 0.25) is 10.0 Å². The van der Waals surface area contributed by atoms with Crippen molar-refractivity contribution in [2.75, 3.05) is 19.6 Å². The van der Waals surface area contributed by atoms with E-state index in [4.69, 9.17) is 0 Å². The number of sulfonamides is 1. The van der Waals surface area contributed by atoms with Crippen LogP contribution >= 0.6 is 0 Å². The normalized spacial score (nSPS) is 14.4. The number of aromatic nitrogens is 4. The molecule has 0 aliphatic carbocycles. The van der Waals surface area contributed by atoms with E-state index >= 15 is 0 Å². The molecule has 3 aromatic carbocycles. The molecule has 10 nitrogen and oxygen atoms in total. The fraction of sp³-hybridized carbons (Fsp3) is 0.267.